The summed E-state index contributed by atoms with van der Waals surface area (Å²) in [4.78, 5) is 6.06. The fourth-order valence-electron chi connectivity index (χ4n) is 2.09. The lowest BCUT2D eigenvalue weighted by Gasteiger charge is -2.22. The summed E-state index contributed by atoms with van der Waals surface area (Å²) in [7, 11) is 1.97. The number of anilines is 1. The fourth-order valence-corrected chi connectivity index (χ4v) is 2.09. The van der Waals surface area contributed by atoms with Crippen LogP contribution < -0.4 is 10.6 Å². The van der Waals surface area contributed by atoms with E-state index in [0.29, 0.717) is 0 Å². The van der Waals surface area contributed by atoms with Gasteiger partial charge in [-0.25, -0.2) is 0 Å². The van der Waals surface area contributed by atoms with Crippen molar-refractivity contribution in [2.24, 2.45) is 10.9 Å². The van der Waals surface area contributed by atoms with Gasteiger partial charge < -0.3 is 15.8 Å². The second-order valence-corrected chi connectivity index (χ2v) is 4.72. The van der Waals surface area contributed by atoms with E-state index in [9.17, 15) is 0 Å². The van der Waals surface area contributed by atoms with E-state index < -0.39 is 0 Å². The van der Waals surface area contributed by atoms with Crippen molar-refractivity contribution in [2.45, 2.75) is 13.5 Å². The number of rotatable bonds is 4. The van der Waals surface area contributed by atoms with Gasteiger partial charge in [0.15, 0.2) is 5.84 Å². The Morgan fingerprint density at radius 3 is 2.65 bits per heavy atom. The Bertz CT molecular complexity index is 611. The molecule has 0 saturated heterocycles. The highest BCUT2D eigenvalue weighted by atomic mass is 16.4. The summed E-state index contributed by atoms with van der Waals surface area (Å²) in [5.74, 6) is 0.116. The van der Waals surface area contributed by atoms with Gasteiger partial charge in [0.1, 0.15) is 0 Å². The molecule has 0 spiro atoms. The molecule has 104 valence electrons. The maximum atomic E-state index is 8.91. The molecular formula is C15H18N4O. The van der Waals surface area contributed by atoms with Crippen molar-refractivity contribution in [1.82, 2.24) is 4.98 Å². The van der Waals surface area contributed by atoms with Crippen molar-refractivity contribution in [3.05, 3.63) is 59.4 Å². The Hall–Kier alpha value is -2.56. The predicted molar refractivity (Wildman–Crippen MR) is 80.0 cm³/mol. The third kappa shape index (κ3) is 3.06. The molecule has 20 heavy (non-hydrogen) atoms. The molecule has 5 nitrogen and oxygen atoms in total. The Morgan fingerprint density at radius 2 is 2.00 bits per heavy atom. The highest BCUT2D eigenvalue weighted by molar-refractivity contribution is 6.02. The van der Waals surface area contributed by atoms with E-state index in [1.807, 2.05) is 44.3 Å². The van der Waals surface area contributed by atoms with Gasteiger partial charge in [0, 0.05) is 37.2 Å². The van der Waals surface area contributed by atoms with Crippen LogP contribution in [0.2, 0.25) is 0 Å². The van der Waals surface area contributed by atoms with E-state index in [1.165, 1.54) is 0 Å². The zero-order valence-corrected chi connectivity index (χ0v) is 11.6. The summed E-state index contributed by atoms with van der Waals surface area (Å²) < 4.78 is 0. The first-order valence-electron chi connectivity index (χ1n) is 6.30. The number of amidine groups is 1. The molecule has 0 aliphatic carbocycles. The number of nitrogens with zero attached hydrogens (tertiary/aromatic N) is 3. The van der Waals surface area contributed by atoms with E-state index >= 15 is 0 Å². The van der Waals surface area contributed by atoms with Crippen LogP contribution in [-0.2, 0) is 6.54 Å². The topological polar surface area (TPSA) is 74.7 Å². The van der Waals surface area contributed by atoms with Gasteiger partial charge in [0.25, 0.3) is 0 Å². The van der Waals surface area contributed by atoms with Gasteiger partial charge in [0.05, 0.1) is 0 Å². The van der Waals surface area contributed by atoms with Gasteiger partial charge in [-0.05, 0) is 36.8 Å². The molecule has 0 atom stereocenters. The molecule has 0 fully saturated rings. The molecular weight excluding hydrogens is 252 g/mol. The third-order valence-corrected chi connectivity index (χ3v) is 3.12. The standard InChI is InChI=1S/C15H18N4O/c1-11-3-4-14(13(9-11)15(16)18-20)19(2)10-12-5-7-17-8-6-12/h3-9,20H,10H2,1-2H3,(H2,16,18). The molecule has 1 aromatic carbocycles. The normalized spacial score (nSPS) is 11.4. The van der Waals surface area contributed by atoms with Crippen LogP contribution in [0.5, 0.6) is 0 Å². The SMILES string of the molecule is Cc1ccc(N(C)Cc2ccncc2)c(/C(N)=N/O)c1. The van der Waals surface area contributed by atoms with Crippen molar-refractivity contribution < 1.29 is 5.21 Å². The molecule has 2 aromatic rings. The number of hydrogen-bond acceptors (Lipinski definition) is 4. The lowest BCUT2D eigenvalue weighted by Crippen LogP contribution is -2.22. The minimum Gasteiger partial charge on any atom is -0.409 e. The minimum atomic E-state index is 0.116. The Labute approximate surface area is 118 Å². The molecule has 1 aromatic heterocycles. The van der Waals surface area contributed by atoms with Crippen LogP contribution in [0.25, 0.3) is 0 Å². The van der Waals surface area contributed by atoms with Gasteiger partial charge in [-0.3, -0.25) is 4.98 Å². The Kier molecular flexibility index (Phi) is 4.20. The Balaban J connectivity index is 2.32. The maximum Gasteiger partial charge on any atom is 0.172 e. The van der Waals surface area contributed by atoms with Gasteiger partial charge in [-0.2, -0.15) is 0 Å². The largest absolute Gasteiger partial charge is 0.409 e. The number of aromatic nitrogens is 1. The minimum absolute atomic E-state index is 0.116. The smallest absolute Gasteiger partial charge is 0.172 e. The van der Waals surface area contributed by atoms with Crippen molar-refractivity contribution in [3.63, 3.8) is 0 Å². The molecule has 0 bridgehead atoms. The summed E-state index contributed by atoms with van der Waals surface area (Å²) in [6.45, 7) is 2.69. The van der Waals surface area contributed by atoms with Crippen LogP contribution >= 0.6 is 0 Å². The molecule has 0 radical (unpaired) electrons. The van der Waals surface area contributed by atoms with Gasteiger partial charge in [-0.15, -0.1) is 0 Å². The van der Waals surface area contributed by atoms with Crippen molar-refractivity contribution in [3.8, 4) is 0 Å². The molecule has 0 saturated carbocycles. The Morgan fingerprint density at radius 1 is 1.30 bits per heavy atom. The van der Waals surface area contributed by atoms with E-state index in [1.54, 1.807) is 12.4 Å². The lowest BCUT2D eigenvalue weighted by molar-refractivity contribution is 0.318. The molecule has 2 rings (SSSR count). The second-order valence-electron chi connectivity index (χ2n) is 4.72. The number of hydrogen-bond donors (Lipinski definition) is 2. The van der Waals surface area contributed by atoms with E-state index in [0.717, 1.165) is 28.9 Å². The second kappa shape index (κ2) is 6.06. The average Bonchev–Trinajstić information content (AvgIpc) is 2.47. The molecule has 0 amide bonds. The first kappa shape index (κ1) is 13.9. The number of pyridine rings is 1. The molecule has 0 aliphatic heterocycles. The fraction of sp³-hybridized carbons (Fsp3) is 0.200. The van der Waals surface area contributed by atoms with E-state index in [4.69, 9.17) is 10.9 Å². The highest BCUT2D eigenvalue weighted by Gasteiger charge is 2.11. The van der Waals surface area contributed by atoms with Crippen LogP contribution in [0, 0.1) is 6.92 Å². The first-order valence-corrected chi connectivity index (χ1v) is 6.30. The maximum absolute atomic E-state index is 8.91. The number of benzene rings is 1. The summed E-state index contributed by atoms with van der Waals surface area (Å²) in [6, 6.07) is 9.82. The summed E-state index contributed by atoms with van der Waals surface area (Å²) in [5.41, 5.74) is 9.61. The van der Waals surface area contributed by atoms with Crippen molar-refractivity contribution in [1.29, 1.82) is 0 Å². The zero-order chi connectivity index (χ0) is 14.5. The number of aryl methyl sites for hydroxylation is 1. The molecule has 5 heteroatoms. The van der Waals surface area contributed by atoms with Gasteiger partial charge >= 0.3 is 0 Å². The van der Waals surface area contributed by atoms with Crippen molar-refractivity contribution >= 4 is 11.5 Å². The molecule has 1 heterocycles. The molecule has 3 N–H and O–H groups in total. The number of oxime groups is 1. The van der Waals surface area contributed by atoms with Crippen LogP contribution in [0.3, 0.4) is 0 Å². The summed E-state index contributed by atoms with van der Waals surface area (Å²) in [6.07, 6.45) is 3.53. The average molecular weight is 270 g/mol. The van der Waals surface area contributed by atoms with E-state index in [-0.39, 0.29) is 5.84 Å². The predicted octanol–water partition coefficient (Wildman–Crippen LogP) is 2.12. The summed E-state index contributed by atoms with van der Waals surface area (Å²) in [5, 5.41) is 12.0. The third-order valence-electron chi connectivity index (χ3n) is 3.12. The van der Waals surface area contributed by atoms with E-state index in [2.05, 4.69) is 15.0 Å². The van der Waals surface area contributed by atoms with Crippen LogP contribution in [-0.4, -0.2) is 23.1 Å². The summed E-state index contributed by atoms with van der Waals surface area (Å²) >= 11 is 0. The van der Waals surface area contributed by atoms with Crippen LogP contribution in [0.4, 0.5) is 5.69 Å². The van der Waals surface area contributed by atoms with Crippen molar-refractivity contribution in [2.75, 3.05) is 11.9 Å². The molecule has 0 aliphatic rings. The monoisotopic (exact) mass is 270 g/mol. The van der Waals surface area contributed by atoms with Gasteiger partial charge in [0.2, 0.25) is 0 Å². The highest BCUT2D eigenvalue weighted by Crippen LogP contribution is 2.22. The number of nitrogens with two attached hydrogens (primary N) is 1. The molecule has 0 unspecified atom stereocenters. The van der Waals surface area contributed by atoms with Gasteiger partial charge in [-0.1, -0.05) is 16.8 Å². The van der Waals surface area contributed by atoms with Crippen LogP contribution in [0.15, 0.2) is 47.9 Å². The van der Waals surface area contributed by atoms with Crippen LogP contribution in [0.1, 0.15) is 16.7 Å². The first-order chi connectivity index (χ1) is 9.61. The quantitative estimate of drug-likeness (QED) is 0.386. The zero-order valence-electron chi connectivity index (χ0n) is 11.6. The lowest BCUT2D eigenvalue weighted by atomic mass is 10.1.